The van der Waals surface area contributed by atoms with E-state index in [0.29, 0.717) is 13.2 Å². The molecule has 1 aliphatic heterocycles. The molecule has 0 saturated carbocycles. The van der Waals surface area contributed by atoms with Gasteiger partial charge >= 0.3 is 0 Å². The zero-order valence-corrected chi connectivity index (χ0v) is 11.4. The molecule has 2 unspecified atom stereocenters. The van der Waals surface area contributed by atoms with E-state index < -0.39 is 11.5 Å². The number of hydrogen-bond acceptors (Lipinski definition) is 4. The first-order chi connectivity index (χ1) is 9.28. The first-order valence-electron chi connectivity index (χ1n) is 6.42. The van der Waals surface area contributed by atoms with Crippen LogP contribution in [0.2, 0.25) is 0 Å². The van der Waals surface area contributed by atoms with Crippen LogP contribution in [0.15, 0.2) is 41.8 Å². The summed E-state index contributed by atoms with van der Waals surface area (Å²) in [4.78, 5) is 0.960. The fourth-order valence-corrected chi connectivity index (χ4v) is 3.63. The molecule has 100 valence electrons. The second-order valence-corrected chi connectivity index (χ2v) is 5.85. The van der Waals surface area contributed by atoms with Crippen LogP contribution in [0, 0.1) is 0 Å². The van der Waals surface area contributed by atoms with Crippen molar-refractivity contribution in [1.29, 1.82) is 0 Å². The third-order valence-corrected chi connectivity index (χ3v) is 4.85. The van der Waals surface area contributed by atoms with Crippen LogP contribution in [-0.4, -0.2) is 18.3 Å². The molecule has 0 radical (unpaired) electrons. The molecule has 2 aromatic rings. The van der Waals surface area contributed by atoms with Gasteiger partial charge in [-0.2, -0.15) is 0 Å². The Morgan fingerprint density at radius 2 is 2.16 bits per heavy atom. The van der Waals surface area contributed by atoms with Crippen molar-refractivity contribution < 1.29 is 9.84 Å². The van der Waals surface area contributed by atoms with Crippen molar-refractivity contribution in [3.05, 3.63) is 52.2 Å². The van der Waals surface area contributed by atoms with E-state index in [4.69, 9.17) is 10.5 Å². The lowest BCUT2D eigenvalue weighted by Crippen LogP contribution is -2.44. The minimum absolute atomic E-state index is 0.409. The summed E-state index contributed by atoms with van der Waals surface area (Å²) in [6.07, 6.45) is 0.155. The molecule has 1 aromatic carbocycles. The lowest BCUT2D eigenvalue weighted by atomic mass is 9.71. The van der Waals surface area contributed by atoms with E-state index in [1.165, 1.54) is 0 Å². The van der Waals surface area contributed by atoms with Crippen LogP contribution >= 0.6 is 11.3 Å². The van der Waals surface area contributed by atoms with Gasteiger partial charge in [-0.25, -0.2) is 0 Å². The lowest BCUT2D eigenvalue weighted by Gasteiger charge is -2.41. The molecule has 0 fully saturated rings. The van der Waals surface area contributed by atoms with Crippen LogP contribution in [-0.2, 0) is 5.41 Å². The van der Waals surface area contributed by atoms with Gasteiger partial charge in [0.1, 0.15) is 5.75 Å². The van der Waals surface area contributed by atoms with Gasteiger partial charge in [-0.1, -0.05) is 24.3 Å². The zero-order chi connectivity index (χ0) is 13.3. The molecular weight excluding hydrogens is 258 g/mol. The highest BCUT2D eigenvalue weighted by atomic mass is 32.1. The Morgan fingerprint density at radius 1 is 1.32 bits per heavy atom. The van der Waals surface area contributed by atoms with Gasteiger partial charge in [0.25, 0.3) is 0 Å². The van der Waals surface area contributed by atoms with Crippen molar-refractivity contribution in [3.8, 4) is 5.75 Å². The smallest absolute Gasteiger partial charge is 0.123 e. The predicted octanol–water partition coefficient (Wildman–Crippen LogP) is 2.46. The summed E-state index contributed by atoms with van der Waals surface area (Å²) in [6, 6.07) is 11.8. The Hall–Kier alpha value is -1.36. The summed E-state index contributed by atoms with van der Waals surface area (Å²) in [5, 5.41) is 12.8. The van der Waals surface area contributed by atoms with E-state index in [9.17, 15) is 5.11 Å². The van der Waals surface area contributed by atoms with Crippen molar-refractivity contribution >= 4 is 11.3 Å². The molecule has 0 aliphatic carbocycles. The van der Waals surface area contributed by atoms with Gasteiger partial charge < -0.3 is 15.6 Å². The standard InChI is InChI=1S/C15H17NO2S/c16-10-15(14(17)13-6-3-9-19-13)7-8-18-12-5-2-1-4-11(12)15/h1-6,9,14,17H,7-8,10,16H2. The molecule has 0 amide bonds. The van der Waals surface area contributed by atoms with Crippen LogP contribution < -0.4 is 10.5 Å². The zero-order valence-electron chi connectivity index (χ0n) is 10.6. The highest BCUT2D eigenvalue weighted by molar-refractivity contribution is 7.10. The fourth-order valence-electron chi connectivity index (χ4n) is 2.81. The first kappa shape index (κ1) is 12.7. The van der Waals surface area contributed by atoms with Crippen LogP contribution in [0.5, 0.6) is 5.75 Å². The number of aliphatic hydroxyl groups excluding tert-OH is 1. The van der Waals surface area contributed by atoms with Gasteiger partial charge in [0, 0.05) is 22.4 Å². The second-order valence-electron chi connectivity index (χ2n) is 4.87. The predicted molar refractivity (Wildman–Crippen MR) is 76.6 cm³/mol. The van der Waals surface area contributed by atoms with Crippen molar-refractivity contribution in [1.82, 2.24) is 0 Å². The Balaban J connectivity index is 2.10. The van der Waals surface area contributed by atoms with E-state index in [0.717, 1.165) is 22.6 Å². The Kier molecular flexibility index (Phi) is 3.31. The fraction of sp³-hybridized carbons (Fsp3) is 0.333. The number of para-hydroxylation sites is 1. The summed E-state index contributed by atoms with van der Waals surface area (Å²) in [6.45, 7) is 1.00. The van der Waals surface area contributed by atoms with Crippen LogP contribution in [0.3, 0.4) is 0 Å². The van der Waals surface area contributed by atoms with Crippen molar-refractivity contribution in [2.45, 2.75) is 17.9 Å². The number of ether oxygens (including phenoxy) is 1. The highest BCUT2D eigenvalue weighted by Gasteiger charge is 2.43. The Morgan fingerprint density at radius 3 is 2.89 bits per heavy atom. The second kappa shape index (κ2) is 4.96. The largest absolute Gasteiger partial charge is 0.493 e. The van der Waals surface area contributed by atoms with Gasteiger partial charge in [-0.3, -0.25) is 0 Å². The average Bonchev–Trinajstić information content (AvgIpc) is 3.00. The summed E-state index contributed by atoms with van der Waals surface area (Å²) in [7, 11) is 0. The Bertz CT molecular complexity index is 555. The van der Waals surface area contributed by atoms with Crippen LogP contribution in [0.1, 0.15) is 23.0 Å². The molecule has 0 bridgehead atoms. The molecule has 3 rings (SSSR count). The maximum atomic E-state index is 10.8. The summed E-state index contributed by atoms with van der Waals surface area (Å²) < 4.78 is 5.68. The molecule has 1 aliphatic rings. The SMILES string of the molecule is NCC1(C(O)c2cccs2)CCOc2ccccc21. The molecule has 2 heterocycles. The van der Waals surface area contributed by atoms with Gasteiger partial charge in [0.15, 0.2) is 0 Å². The third-order valence-electron chi connectivity index (χ3n) is 3.93. The topological polar surface area (TPSA) is 55.5 Å². The van der Waals surface area contributed by atoms with Crippen molar-refractivity contribution in [2.24, 2.45) is 5.73 Å². The van der Waals surface area contributed by atoms with E-state index in [2.05, 4.69) is 0 Å². The number of rotatable bonds is 3. The molecule has 2 atom stereocenters. The molecule has 19 heavy (non-hydrogen) atoms. The Labute approximate surface area is 116 Å². The van der Waals surface area contributed by atoms with Gasteiger partial charge in [0.05, 0.1) is 12.7 Å². The van der Waals surface area contributed by atoms with Crippen LogP contribution in [0.4, 0.5) is 0 Å². The minimum Gasteiger partial charge on any atom is -0.493 e. The van der Waals surface area contributed by atoms with Crippen molar-refractivity contribution in [3.63, 3.8) is 0 Å². The van der Waals surface area contributed by atoms with E-state index in [-0.39, 0.29) is 0 Å². The summed E-state index contributed by atoms with van der Waals surface area (Å²) in [5.74, 6) is 0.842. The first-order valence-corrected chi connectivity index (χ1v) is 7.30. The third kappa shape index (κ3) is 1.96. The molecule has 0 saturated heterocycles. The van der Waals surface area contributed by atoms with Gasteiger partial charge in [0.2, 0.25) is 0 Å². The number of thiophene rings is 1. The quantitative estimate of drug-likeness (QED) is 0.904. The number of nitrogens with two attached hydrogens (primary N) is 1. The van der Waals surface area contributed by atoms with E-state index in [1.807, 2.05) is 41.8 Å². The van der Waals surface area contributed by atoms with Crippen LogP contribution in [0.25, 0.3) is 0 Å². The summed E-state index contributed by atoms with van der Waals surface area (Å²) >= 11 is 1.57. The van der Waals surface area contributed by atoms with Gasteiger partial charge in [-0.05, 0) is 23.9 Å². The number of fused-ring (bicyclic) bond motifs is 1. The monoisotopic (exact) mass is 275 g/mol. The molecular formula is C15H17NO2S. The molecule has 0 spiro atoms. The van der Waals surface area contributed by atoms with Crippen molar-refractivity contribution in [2.75, 3.05) is 13.2 Å². The van der Waals surface area contributed by atoms with E-state index in [1.54, 1.807) is 11.3 Å². The molecule has 4 heteroatoms. The van der Waals surface area contributed by atoms with E-state index >= 15 is 0 Å². The number of benzene rings is 1. The molecule has 3 nitrogen and oxygen atoms in total. The normalized spacial score (nSPS) is 23.5. The number of aliphatic hydroxyl groups is 1. The molecule has 1 aromatic heterocycles. The van der Waals surface area contributed by atoms with Gasteiger partial charge in [-0.15, -0.1) is 11.3 Å². The highest BCUT2D eigenvalue weighted by Crippen LogP contribution is 2.46. The minimum atomic E-state index is -0.581. The average molecular weight is 275 g/mol. The number of hydrogen-bond donors (Lipinski definition) is 2. The summed E-state index contributed by atoms with van der Waals surface area (Å²) in [5.41, 5.74) is 6.62. The molecule has 3 N–H and O–H groups in total. The maximum Gasteiger partial charge on any atom is 0.123 e. The maximum absolute atomic E-state index is 10.8. The lowest BCUT2D eigenvalue weighted by molar-refractivity contribution is 0.0561.